The van der Waals surface area contributed by atoms with Crippen LogP contribution in [-0.2, 0) is 21.3 Å². The van der Waals surface area contributed by atoms with Crippen molar-refractivity contribution in [3.63, 3.8) is 0 Å². The first-order chi connectivity index (χ1) is 24.3. The zero-order valence-corrected chi connectivity index (χ0v) is 31.0. The molecule has 1 amide bonds. The van der Waals surface area contributed by atoms with Crippen LogP contribution in [-0.4, -0.2) is 78.1 Å². The maximum Gasteiger partial charge on any atom is 0.264 e. The SMILES string of the molecule is COC[C@H]1CCCCN1c1cncc(CN2C(=O)c3cccc(c3)S(=O)(=O)Nc3nc(cc(-c4c(C)cccc4C)n3)OC[C@H]2CC(C)(C)C)n1. The van der Waals surface area contributed by atoms with Crippen molar-refractivity contribution in [2.24, 2.45) is 5.41 Å². The normalized spacial score (nSPS) is 19.3. The highest BCUT2D eigenvalue weighted by molar-refractivity contribution is 7.92. The van der Waals surface area contributed by atoms with E-state index >= 15 is 0 Å². The number of carbonyl (C=O) groups is 1. The number of benzene rings is 2. The monoisotopic (exact) mass is 713 g/mol. The van der Waals surface area contributed by atoms with Crippen LogP contribution in [0.15, 0.2) is 65.8 Å². The minimum absolute atomic E-state index is 0.0838. The van der Waals surface area contributed by atoms with Gasteiger partial charge >= 0.3 is 0 Å². The summed E-state index contributed by atoms with van der Waals surface area (Å²) in [7, 11) is -2.48. The highest BCUT2D eigenvalue weighted by Gasteiger charge is 2.32. The molecule has 51 heavy (non-hydrogen) atoms. The molecule has 0 aliphatic carbocycles. The summed E-state index contributed by atoms with van der Waals surface area (Å²) in [6.45, 7) is 11.9. The van der Waals surface area contributed by atoms with Crippen LogP contribution in [0.4, 0.5) is 11.8 Å². The molecule has 4 aromatic rings. The molecule has 0 spiro atoms. The van der Waals surface area contributed by atoms with Crippen molar-refractivity contribution < 1.29 is 22.7 Å². The van der Waals surface area contributed by atoms with E-state index < -0.39 is 16.1 Å². The summed E-state index contributed by atoms with van der Waals surface area (Å²) in [5.41, 5.74) is 3.96. The Balaban J connectivity index is 1.45. The number of fused-ring (bicyclic) bond motifs is 4. The summed E-state index contributed by atoms with van der Waals surface area (Å²) >= 11 is 0. The lowest BCUT2D eigenvalue weighted by molar-refractivity contribution is 0.0509. The van der Waals surface area contributed by atoms with Crippen LogP contribution in [0.5, 0.6) is 5.88 Å². The van der Waals surface area contributed by atoms with E-state index in [1.165, 1.54) is 12.1 Å². The van der Waals surface area contributed by atoms with E-state index in [0.29, 0.717) is 24.4 Å². The lowest BCUT2D eigenvalue weighted by Gasteiger charge is -2.37. The number of nitrogens with zero attached hydrogens (tertiary/aromatic N) is 6. The van der Waals surface area contributed by atoms with Crippen LogP contribution >= 0.6 is 0 Å². The average Bonchev–Trinajstić information content (AvgIpc) is 3.08. The zero-order chi connectivity index (χ0) is 36.3. The van der Waals surface area contributed by atoms with Crippen LogP contribution < -0.4 is 14.4 Å². The second-order valence-corrected chi connectivity index (χ2v) is 16.3. The van der Waals surface area contributed by atoms with Gasteiger partial charge in [0, 0.05) is 30.8 Å². The Morgan fingerprint density at radius 3 is 2.49 bits per heavy atom. The number of amides is 1. The number of aryl methyl sites for hydroxylation is 2. The van der Waals surface area contributed by atoms with E-state index in [2.05, 4.69) is 45.3 Å². The maximum atomic E-state index is 14.6. The van der Waals surface area contributed by atoms with Gasteiger partial charge in [-0.1, -0.05) is 45.0 Å². The van der Waals surface area contributed by atoms with Gasteiger partial charge in [-0.15, -0.1) is 0 Å². The predicted octanol–water partition coefficient (Wildman–Crippen LogP) is 6.20. The molecule has 0 saturated carbocycles. The van der Waals surface area contributed by atoms with E-state index in [9.17, 15) is 13.2 Å². The van der Waals surface area contributed by atoms with E-state index in [1.54, 1.807) is 42.6 Å². The number of aromatic nitrogens is 4. The standard InChI is InChI=1S/C38H47N7O5S/c1-25-11-9-12-26(2)35(25)32-18-34-42-37(41-32)43-51(47,48)31-15-10-13-27(17-31)36(46)45(30(24-50-34)19-38(3,4)5)22-28-20-39-21-33(40-28)44-16-8-7-14-29(44)23-49-6/h9-13,15,17-18,20-21,29-30H,7-8,14,16,19,22-24H2,1-6H3,(H,41,42,43)/t29-,30-/m1/s1. The molecule has 2 atom stereocenters. The third-order valence-electron chi connectivity index (χ3n) is 9.31. The third kappa shape index (κ3) is 8.48. The minimum atomic E-state index is -4.19. The topological polar surface area (TPSA) is 140 Å². The van der Waals surface area contributed by atoms with Crippen LogP contribution in [0.3, 0.4) is 0 Å². The van der Waals surface area contributed by atoms with Crippen molar-refractivity contribution in [2.45, 2.75) is 83.8 Å². The minimum Gasteiger partial charge on any atom is -0.475 e. The number of sulfonamides is 1. The fraction of sp³-hybridized carbons (Fsp3) is 0.447. The molecular weight excluding hydrogens is 667 g/mol. The number of nitrogens with one attached hydrogen (secondary N) is 1. The first-order valence-corrected chi connectivity index (χ1v) is 18.9. The fourth-order valence-corrected chi connectivity index (χ4v) is 7.99. The van der Waals surface area contributed by atoms with Crippen LogP contribution in [0.1, 0.15) is 73.6 Å². The molecule has 6 rings (SSSR count). The van der Waals surface area contributed by atoms with Crippen molar-refractivity contribution in [3.05, 3.63) is 83.3 Å². The summed E-state index contributed by atoms with van der Waals surface area (Å²) < 4.78 is 42.0. The Kier molecular flexibility index (Phi) is 10.6. The lowest BCUT2D eigenvalue weighted by atomic mass is 9.87. The maximum absolute atomic E-state index is 14.6. The summed E-state index contributed by atoms with van der Waals surface area (Å²) in [6, 6.07) is 13.4. The van der Waals surface area contributed by atoms with E-state index in [0.717, 1.165) is 48.3 Å². The lowest BCUT2D eigenvalue weighted by Crippen LogP contribution is -2.45. The third-order valence-corrected chi connectivity index (χ3v) is 10.6. The zero-order valence-electron chi connectivity index (χ0n) is 30.2. The first kappa shape index (κ1) is 36.2. The molecule has 4 bridgehead atoms. The van der Waals surface area contributed by atoms with Gasteiger partial charge < -0.3 is 19.3 Å². The van der Waals surface area contributed by atoms with Gasteiger partial charge in [0.1, 0.15) is 12.4 Å². The number of anilines is 2. The number of rotatable bonds is 7. The molecule has 1 N–H and O–H groups in total. The molecule has 1 fully saturated rings. The molecule has 2 aliphatic rings. The smallest absolute Gasteiger partial charge is 0.264 e. The molecule has 2 aliphatic heterocycles. The second-order valence-electron chi connectivity index (χ2n) is 14.6. The highest BCUT2D eigenvalue weighted by Crippen LogP contribution is 2.32. The highest BCUT2D eigenvalue weighted by atomic mass is 32.2. The van der Waals surface area contributed by atoms with Gasteiger partial charge in [-0.2, -0.15) is 4.98 Å². The van der Waals surface area contributed by atoms with Gasteiger partial charge in [-0.05, 0) is 74.3 Å². The molecule has 1 saturated heterocycles. The number of hydrogen-bond acceptors (Lipinski definition) is 10. The van der Waals surface area contributed by atoms with Gasteiger partial charge in [0.15, 0.2) is 0 Å². The Labute approximate surface area is 300 Å². The molecular formula is C38H47N7O5S. The quantitative estimate of drug-likeness (QED) is 0.236. The van der Waals surface area contributed by atoms with Crippen LogP contribution in [0, 0.1) is 19.3 Å². The van der Waals surface area contributed by atoms with Gasteiger partial charge in [-0.3, -0.25) is 9.78 Å². The van der Waals surface area contributed by atoms with Crippen molar-refractivity contribution in [1.29, 1.82) is 0 Å². The Morgan fingerprint density at radius 2 is 1.75 bits per heavy atom. The average molecular weight is 714 g/mol. The summed E-state index contributed by atoms with van der Waals surface area (Å²) in [4.78, 5) is 37.2. The molecule has 4 heterocycles. The summed E-state index contributed by atoms with van der Waals surface area (Å²) in [5, 5.41) is 0. The molecule has 12 nitrogen and oxygen atoms in total. The molecule has 2 aromatic carbocycles. The van der Waals surface area contributed by atoms with Crippen molar-refractivity contribution in [2.75, 3.05) is 36.5 Å². The summed E-state index contributed by atoms with van der Waals surface area (Å²) in [5.74, 6) is 0.457. The number of methoxy groups -OCH3 is 1. The molecule has 270 valence electrons. The van der Waals surface area contributed by atoms with Gasteiger partial charge in [0.25, 0.3) is 15.9 Å². The molecule has 13 heteroatoms. The summed E-state index contributed by atoms with van der Waals surface area (Å²) in [6.07, 6.45) is 7.19. The van der Waals surface area contributed by atoms with Crippen LogP contribution in [0.25, 0.3) is 11.3 Å². The van der Waals surface area contributed by atoms with E-state index in [1.807, 2.05) is 32.0 Å². The number of carbonyl (C=O) groups excluding carboxylic acids is 1. The van der Waals surface area contributed by atoms with E-state index in [-0.39, 0.29) is 52.8 Å². The van der Waals surface area contributed by atoms with E-state index in [4.69, 9.17) is 14.5 Å². The largest absolute Gasteiger partial charge is 0.475 e. The number of ether oxygens (including phenoxy) is 2. The van der Waals surface area contributed by atoms with Crippen molar-refractivity contribution in [1.82, 2.24) is 24.8 Å². The Morgan fingerprint density at radius 1 is 0.980 bits per heavy atom. The number of piperidine rings is 1. The first-order valence-electron chi connectivity index (χ1n) is 17.4. The van der Waals surface area contributed by atoms with Crippen molar-refractivity contribution in [3.8, 4) is 17.1 Å². The fourth-order valence-electron chi connectivity index (χ4n) is 7.00. The Bertz CT molecular complexity index is 1980. The predicted molar refractivity (Wildman–Crippen MR) is 196 cm³/mol. The molecule has 2 aromatic heterocycles. The second kappa shape index (κ2) is 14.9. The van der Waals surface area contributed by atoms with Gasteiger partial charge in [-0.25, -0.2) is 23.1 Å². The van der Waals surface area contributed by atoms with Gasteiger partial charge in [0.2, 0.25) is 11.8 Å². The van der Waals surface area contributed by atoms with Crippen molar-refractivity contribution >= 4 is 27.7 Å². The van der Waals surface area contributed by atoms with Gasteiger partial charge in [0.05, 0.1) is 53.9 Å². The Hall–Kier alpha value is -4.62. The molecule has 0 unspecified atom stereocenters. The van der Waals surface area contributed by atoms with Crippen LogP contribution in [0.2, 0.25) is 0 Å². The number of hydrogen-bond donors (Lipinski definition) is 1. The molecule has 0 radical (unpaired) electrons.